The zero-order chi connectivity index (χ0) is 21.9. The van der Waals surface area contributed by atoms with Crippen LogP contribution in [0.4, 0.5) is 16.3 Å². The predicted octanol–water partition coefficient (Wildman–Crippen LogP) is 6.03. The minimum atomic E-state index is -0.0200. The lowest BCUT2D eigenvalue weighted by atomic mass is 9.84. The fourth-order valence-corrected chi connectivity index (χ4v) is 5.28. The van der Waals surface area contributed by atoms with Gasteiger partial charge in [0.1, 0.15) is 5.82 Å². The van der Waals surface area contributed by atoms with E-state index in [0.29, 0.717) is 12.5 Å². The van der Waals surface area contributed by atoms with Crippen molar-refractivity contribution in [3.8, 4) is 0 Å². The number of amides is 2. The maximum absolute atomic E-state index is 13.0. The van der Waals surface area contributed by atoms with E-state index < -0.39 is 0 Å². The van der Waals surface area contributed by atoms with E-state index in [1.807, 2.05) is 17.2 Å². The van der Waals surface area contributed by atoms with Crippen molar-refractivity contribution in [3.63, 3.8) is 0 Å². The molecule has 0 bridgehead atoms. The molecule has 5 rings (SSSR count). The van der Waals surface area contributed by atoms with Crippen molar-refractivity contribution in [3.05, 3.63) is 66.4 Å². The maximum Gasteiger partial charge on any atom is 0.322 e. The molecule has 2 aromatic carbocycles. The number of anilines is 2. The van der Waals surface area contributed by atoms with E-state index in [9.17, 15) is 4.79 Å². The van der Waals surface area contributed by atoms with Gasteiger partial charge < -0.3 is 15.1 Å². The highest BCUT2D eigenvalue weighted by molar-refractivity contribution is 5.92. The van der Waals surface area contributed by atoms with Crippen LogP contribution in [-0.2, 0) is 0 Å². The minimum absolute atomic E-state index is 0.0200. The molecule has 1 aromatic heterocycles. The quantitative estimate of drug-likeness (QED) is 0.554. The Bertz CT molecular complexity index is 1070. The van der Waals surface area contributed by atoms with Gasteiger partial charge in [-0.1, -0.05) is 55.7 Å². The number of nitrogens with zero attached hydrogens (tertiary/aromatic N) is 3. The van der Waals surface area contributed by atoms with E-state index in [0.717, 1.165) is 30.0 Å². The smallest absolute Gasteiger partial charge is 0.322 e. The number of piperazine rings is 1. The average molecular weight is 429 g/mol. The van der Waals surface area contributed by atoms with E-state index in [1.54, 1.807) is 0 Å². The number of rotatable bonds is 3. The third kappa shape index (κ3) is 4.29. The first kappa shape index (κ1) is 20.8. The summed E-state index contributed by atoms with van der Waals surface area (Å²) < 4.78 is 0. The van der Waals surface area contributed by atoms with E-state index in [-0.39, 0.29) is 12.1 Å². The van der Waals surface area contributed by atoms with Gasteiger partial charge in [-0.15, -0.1) is 0 Å². The van der Waals surface area contributed by atoms with Gasteiger partial charge in [-0.05, 0) is 54.8 Å². The summed E-state index contributed by atoms with van der Waals surface area (Å²) in [6, 6.07) is 19.0. The zero-order valence-corrected chi connectivity index (χ0v) is 18.8. The summed E-state index contributed by atoms with van der Waals surface area (Å²) in [5.41, 5.74) is 2.28. The Hall–Kier alpha value is -3.08. The van der Waals surface area contributed by atoms with E-state index >= 15 is 0 Å². The highest BCUT2D eigenvalue weighted by Gasteiger charge is 2.29. The van der Waals surface area contributed by atoms with Gasteiger partial charge in [0, 0.05) is 42.9 Å². The Labute approximate surface area is 190 Å². The van der Waals surface area contributed by atoms with Gasteiger partial charge in [-0.3, -0.25) is 0 Å². The monoisotopic (exact) mass is 428 g/mol. The van der Waals surface area contributed by atoms with Crippen LogP contribution in [0.25, 0.3) is 10.8 Å². The van der Waals surface area contributed by atoms with Crippen molar-refractivity contribution in [1.29, 1.82) is 0 Å². The molecule has 0 radical (unpaired) electrons. The second kappa shape index (κ2) is 9.19. The second-order valence-electron chi connectivity index (χ2n) is 9.23. The van der Waals surface area contributed by atoms with Gasteiger partial charge in [0.25, 0.3) is 0 Å². The van der Waals surface area contributed by atoms with Crippen LogP contribution in [0.15, 0.2) is 60.8 Å². The molecular formula is C27H32N4O. The molecule has 1 saturated carbocycles. The Morgan fingerprint density at radius 3 is 2.53 bits per heavy atom. The fraction of sp³-hybridized carbons (Fsp3) is 0.407. The third-order valence-electron chi connectivity index (χ3n) is 7.08. The van der Waals surface area contributed by atoms with Crippen LogP contribution in [0.5, 0.6) is 0 Å². The average Bonchev–Trinajstić information content (AvgIpc) is 2.84. The van der Waals surface area contributed by atoms with Gasteiger partial charge in [0.05, 0.1) is 0 Å². The van der Waals surface area contributed by atoms with E-state index in [2.05, 4.69) is 70.7 Å². The second-order valence-corrected chi connectivity index (χ2v) is 9.23. The van der Waals surface area contributed by atoms with E-state index in [4.69, 9.17) is 0 Å². The summed E-state index contributed by atoms with van der Waals surface area (Å²) >= 11 is 0. The molecule has 5 nitrogen and oxygen atoms in total. The summed E-state index contributed by atoms with van der Waals surface area (Å²) in [6.07, 6.45) is 8.49. The number of urea groups is 1. The van der Waals surface area contributed by atoms with Crippen molar-refractivity contribution in [1.82, 2.24) is 9.88 Å². The molecular weight excluding hydrogens is 396 g/mol. The molecule has 1 saturated heterocycles. The third-order valence-corrected chi connectivity index (χ3v) is 7.08. The summed E-state index contributed by atoms with van der Waals surface area (Å²) in [5, 5.41) is 5.47. The Morgan fingerprint density at radius 1 is 0.969 bits per heavy atom. The summed E-state index contributed by atoms with van der Waals surface area (Å²) in [6.45, 7) is 4.34. The maximum atomic E-state index is 13.0. The van der Waals surface area contributed by atoms with Gasteiger partial charge in [0.2, 0.25) is 0 Å². The molecule has 2 aliphatic rings. The molecule has 2 heterocycles. The van der Waals surface area contributed by atoms with Crippen LogP contribution in [0.1, 0.15) is 50.5 Å². The number of benzene rings is 2. The van der Waals surface area contributed by atoms with Gasteiger partial charge in [-0.2, -0.15) is 0 Å². The van der Waals surface area contributed by atoms with Crippen LogP contribution in [0.2, 0.25) is 0 Å². The van der Waals surface area contributed by atoms with Crippen molar-refractivity contribution >= 4 is 28.3 Å². The normalized spacial score (nSPS) is 19.8. The van der Waals surface area contributed by atoms with Crippen LogP contribution in [-0.4, -0.2) is 41.6 Å². The minimum Gasteiger partial charge on any atom is -0.352 e. The number of fused-ring (bicyclic) bond motifs is 1. The van der Waals surface area contributed by atoms with Crippen molar-refractivity contribution < 1.29 is 4.79 Å². The Balaban J connectivity index is 1.22. The lowest BCUT2D eigenvalue weighted by Crippen LogP contribution is -2.55. The molecule has 32 heavy (non-hydrogen) atoms. The first-order chi connectivity index (χ1) is 15.7. The van der Waals surface area contributed by atoms with Gasteiger partial charge in [-0.25, -0.2) is 9.78 Å². The Morgan fingerprint density at radius 2 is 1.75 bits per heavy atom. The number of pyridine rings is 1. The van der Waals surface area contributed by atoms with Crippen LogP contribution in [0, 0.1) is 0 Å². The molecule has 166 valence electrons. The molecule has 5 heteroatoms. The SMILES string of the molecule is C[C@@H]1CN(c2nccc3ccccc23)CCN1C(=O)Nc1ccc(C2CCCCC2)cc1. The largest absolute Gasteiger partial charge is 0.352 e. The van der Waals surface area contributed by atoms with Crippen LogP contribution in [0.3, 0.4) is 0 Å². The Kier molecular flexibility index (Phi) is 5.97. The summed E-state index contributed by atoms with van der Waals surface area (Å²) in [4.78, 5) is 21.9. The molecule has 3 aromatic rings. The molecule has 1 aliphatic heterocycles. The highest BCUT2D eigenvalue weighted by Crippen LogP contribution is 2.33. The predicted molar refractivity (Wildman–Crippen MR) is 131 cm³/mol. The summed E-state index contributed by atoms with van der Waals surface area (Å²) in [7, 11) is 0. The standard InChI is InChI=1S/C27H32N4O/c1-20-19-30(26-25-10-6-5-9-23(25)15-16-28-26)17-18-31(20)27(32)29-24-13-11-22(12-14-24)21-7-3-2-4-8-21/h5-6,9-16,20-21H,2-4,7-8,17-19H2,1H3,(H,29,32)/t20-/m1/s1. The molecule has 0 spiro atoms. The molecule has 2 amide bonds. The zero-order valence-electron chi connectivity index (χ0n) is 18.8. The van der Waals surface area contributed by atoms with E-state index in [1.165, 1.54) is 43.1 Å². The topological polar surface area (TPSA) is 48.5 Å². The lowest BCUT2D eigenvalue weighted by Gasteiger charge is -2.40. The van der Waals surface area contributed by atoms with Gasteiger partial charge in [0.15, 0.2) is 0 Å². The van der Waals surface area contributed by atoms with Crippen molar-refractivity contribution in [2.24, 2.45) is 0 Å². The molecule has 1 aliphatic carbocycles. The van der Waals surface area contributed by atoms with Crippen LogP contribution < -0.4 is 10.2 Å². The van der Waals surface area contributed by atoms with Crippen LogP contribution >= 0.6 is 0 Å². The number of carbonyl (C=O) groups is 1. The van der Waals surface area contributed by atoms with Crippen molar-refractivity contribution in [2.45, 2.75) is 51.0 Å². The number of nitrogens with one attached hydrogen (secondary N) is 1. The first-order valence-corrected chi connectivity index (χ1v) is 12.0. The number of hydrogen-bond acceptors (Lipinski definition) is 3. The summed E-state index contributed by atoms with van der Waals surface area (Å²) in [5.74, 6) is 1.69. The fourth-order valence-electron chi connectivity index (χ4n) is 5.28. The lowest BCUT2D eigenvalue weighted by molar-refractivity contribution is 0.184. The molecule has 2 fully saturated rings. The molecule has 0 unspecified atom stereocenters. The number of carbonyl (C=O) groups excluding carboxylic acids is 1. The molecule has 1 atom stereocenters. The first-order valence-electron chi connectivity index (χ1n) is 12.0. The number of aromatic nitrogens is 1. The highest BCUT2D eigenvalue weighted by atomic mass is 16.2. The van der Waals surface area contributed by atoms with Crippen molar-refractivity contribution in [2.75, 3.05) is 29.9 Å². The number of hydrogen-bond donors (Lipinski definition) is 1. The van der Waals surface area contributed by atoms with Gasteiger partial charge >= 0.3 is 6.03 Å². The molecule has 1 N–H and O–H groups in total.